The number of carbonyl (C=O) groups is 1. The summed E-state index contributed by atoms with van der Waals surface area (Å²) in [7, 11) is 3.86. The minimum atomic E-state index is 0. The molecule has 2 nitrogen and oxygen atoms in total. The average molecular weight is 283 g/mol. The number of benzene rings is 1. The van der Waals surface area contributed by atoms with Crippen LogP contribution in [-0.4, -0.2) is 31.3 Å². The van der Waals surface area contributed by atoms with Gasteiger partial charge < -0.3 is 4.90 Å². The van der Waals surface area contributed by atoms with Gasteiger partial charge in [-0.25, -0.2) is 0 Å². The van der Waals surface area contributed by atoms with Crippen LogP contribution in [0, 0.1) is 0 Å². The maximum Gasteiger partial charge on any atom is 0.164 e. The van der Waals surface area contributed by atoms with Crippen LogP contribution in [-0.2, 0) is 0 Å². The topological polar surface area (TPSA) is 20.3 Å². The summed E-state index contributed by atoms with van der Waals surface area (Å²) in [6.07, 6.45) is 0.476. The first-order chi connectivity index (χ1) is 6.99. The van der Waals surface area contributed by atoms with E-state index in [9.17, 15) is 4.79 Å². The van der Waals surface area contributed by atoms with Crippen molar-refractivity contribution in [2.45, 2.75) is 6.42 Å². The first kappa shape index (κ1) is 15.7. The van der Waals surface area contributed by atoms with Crippen molar-refractivity contribution in [3.63, 3.8) is 0 Å². The van der Waals surface area contributed by atoms with E-state index in [1.54, 1.807) is 18.2 Å². The molecule has 5 heteroatoms. The first-order valence-corrected chi connectivity index (χ1v) is 5.38. The second-order valence-electron chi connectivity index (χ2n) is 3.63. The Bertz CT molecular complexity index is 346. The summed E-state index contributed by atoms with van der Waals surface area (Å²) in [5, 5.41) is 0.992. The van der Waals surface area contributed by atoms with E-state index in [0.29, 0.717) is 22.0 Å². The fourth-order valence-electron chi connectivity index (χ4n) is 1.18. The highest BCUT2D eigenvalue weighted by Gasteiger charge is 2.08. The maximum absolute atomic E-state index is 11.7. The normalized spacial score (nSPS) is 10.1. The summed E-state index contributed by atoms with van der Waals surface area (Å²) < 4.78 is 0. The predicted molar refractivity (Wildman–Crippen MR) is 71.2 cm³/mol. The third kappa shape index (κ3) is 5.17. The molecule has 0 fully saturated rings. The number of rotatable bonds is 4. The fourth-order valence-corrected chi connectivity index (χ4v) is 1.71. The van der Waals surface area contributed by atoms with Gasteiger partial charge in [0.2, 0.25) is 0 Å². The molecular weight excluding hydrogens is 268 g/mol. The molecule has 0 aliphatic carbocycles. The van der Waals surface area contributed by atoms with E-state index in [0.717, 1.165) is 6.54 Å². The van der Waals surface area contributed by atoms with Crippen LogP contribution in [0.15, 0.2) is 18.2 Å². The van der Waals surface area contributed by atoms with Gasteiger partial charge in [-0.1, -0.05) is 23.2 Å². The van der Waals surface area contributed by atoms with E-state index in [4.69, 9.17) is 23.2 Å². The molecule has 0 spiro atoms. The predicted octanol–water partition coefficient (Wildman–Crippen LogP) is 3.55. The van der Waals surface area contributed by atoms with E-state index in [2.05, 4.69) is 0 Å². The van der Waals surface area contributed by atoms with Crippen LogP contribution < -0.4 is 0 Å². The van der Waals surface area contributed by atoms with E-state index < -0.39 is 0 Å². The second-order valence-corrected chi connectivity index (χ2v) is 4.51. The van der Waals surface area contributed by atoms with Crippen LogP contribution in [0.4, 0.5) is 0 Å². The third-order valence-electron chi connectivity index (χ3n) is 1.97. The number of hydrogen-bond acceptors (Lipinski definition) is 2. The van der Waals surface area contributed by atoms with Crippen molar-refractivity contribution in [2.75, 3.05) is 20.6 Å². The van der Waals surface area contributed by atoms with E-state index in [1.165, 1.54) is 0 Å². The molecule has 0 atom stereocenters. The van der Waals surface area contributed by atoms with E-state index in [-0.39, 0.29) is 18.2 Å². The smallest absolute Gasteiger partial charge is 0.164 e. The van der Waals surface area contributed by atoms with Gasteiger partial charge in [-0.2, -0.15) is 0 Å². The molecule has 16 heavy (non-hydrogen) atoms. The zero-order valence-corrected chi connectivity index (χ0v) is 11.5. The number of Topliss-reactive ketones (excluding diaryl/α,β-unsaturated/α-hetero) is 1. The SMILES string of the molecule is CN(C)CCC(=O)c1cc(Cl)cc(Cl)c1.Cl. The molecule has 0 radical (unpaired) electrons. The summed E-state index contributed by atoms with van der Waals surface area (Å²) >= 11 is 11.6. The van der Waals surface area contributed by atoms with E-state index >= 15 is 0 Å². The average Bonchev–Trinajstić information content (AvgIpc) is 2.12. The van der Waals surface area contributed by atoms with Crippen molar-refractivity contribution >= 4 is 41.4 Å². The molecule has 0 aliphatic heterocycles. The zero-order chi connectivity index (χ0) is 11.4. The fraction of sp³-hybridized carbons (Fsp3) is 0.364. The molecular formula is C11H14Cl3NO. The molecule has 0 unspecified atom stereocenters. The summed E-state index contributed by atoms with van der Waals surface area (Å²) in [6, 6.07) is 4.91. The molecule has 0 heterocycles. The number of halogens is 3. The summed E-state index contributed by atoms with van der Waals surface area (Å²) in [4.78, 5) is 13.7. The summed E-state index contributed by atoms with van der Waals surface area (Å²) in [6.45, 7) is 0.725. The Balaban J connectivity index is 0.00000225. The highest BCUT2D eigenvalue weighted by molar-refractivity contribution is 6.35. The molecule has 0 aromatic heterocycles. The van der Waals surface area contributed by atoms with Gasteiger partial charge in [0.15, 0.2) is 5.78 Å². The third-order valence-corrected chi connectivity index (χ3v) is 2.41. The summed E-state index contributed by atoms with van der Waals surface area (Å²) in [5.74, 6) is 0.0631. The number of nitrogens with zero attached hydrogens (tertiary/aromatic N) is 1. The zero-order valence-electron chi connectivity index (χ0n) is 9.17. The lowest BCUT2D eigenvalue weighted by molar-refractivity contribution is 0.0972. The Kier molecular flexibility index (Phi) is 7.00. The lowest BCUT2D eigenvalue weighted by Gasteiger charge is -2.08. The van der Waals surface area contributed by atoms with Gasteiger partial charge in [0.25, 0.3) is 0 Å². The minimum Gasteiger partial charge on any atom is -0.309 e. The summed E-state index contributed by atoms with van der Waals surface area (Å²) in [5.41, 5.74) is 0.578. The van der Waals surface area contributed by atoms with Crippen molar-refractivity contribution in [3.05, 3.63) is 33.8 Å². The Morgan fingerprint density at radius 1 is 1.19 bits per heavy atom. The molecule has 1 aromatic carbocycles. The van der Waals surface area contributed by atoms with E-state index in [1.807, 2.05) is 19.0 Å². The van der Waals surface area contributed by atoms with Gasteiger partial charge in [-0.3, -0.25) is 4.79 Å². The second kappa shape index (κ2) is 7.13. The molecule has 0 bridgehead atoms. The first-order valence-electron chi connectivity index (χ1n) is 4.63. The largest absolute Gasteiger partial charge is 0.309 e. The lowest BCUT2D eigenvalue weighted by Crippen LogP contribution is -2.16. The molecule has 1 aromatic rings. The van der Waals surface area contributed by atoms with Gasteiger partial charge in [0.05, 0.1) is 0 Å². The standard InChI is InChI=1S/C11H13Cl2NO.ClH/c1-14(2)4-3-11(15)8-5-9(12)7-10(13)6-8;/h5-7H,3-4H2,1-2H3;1H. The van der Waals surface area contributed by atoms with Crippen LogP contribution in [0.1, 0.15) is 16.8 Å². The van der Waals surface area contributed by atoms with Crippen molar-refractivity contribution in [3.8, 4) is 0 Å². The lowest BCUT2D eigenvalue weighted by atomic mass is 10.1. The number of hydrogen-bond donors (Lipinski definition) is 0. The van der Waals surface area contributed by atoms with Crippen molar-refractivity contribution in [2.24, 2.45) is 0 Å². The van der Waals surface area contributed by atoms with Crippen molar-refractivity contribution in [1.29, 1.82) is 0 Å². The van der Waals surface area contributed by atoms with Gasteiger partial charge in [-0.15, -0.1) is 12.4 Å². The molecule has 0 aliphatic rings. The van der Waals surface area contributed by atoms with Crippen LogP contribution in [0.25, 0.3) is 0 Å². The van der Waals surface area contributed by atoms with Gasteiger partial charge in [0, 0.05) is 28.6 Å². The maximum atomic E-state index is 11.7. The van der Waals surface area contributed by atoms with Crippen LogP contribution in [0.2, 0.25) is 10.0 Å². The van der Waals surface area contributed by atoms with Crippen LogP contribution in [0.5, 0.6) is 0 Å². The quantitative estimate of drug-likeness (QED) is 0.787. The minimum absolute atomic E-state index is 0. The monoisotopic (exact) mass is 281 g/mol. The molecule has 0 N–H and O–H groups in total. The molecule has 0 saturated heterocycles. The number of carbonyl (C=O) groups excluding carboxylic acids is 1. The molecule has 0 amide bonds. The Labute approximate surface area is 112 Å². The van der Waals surface area contributed by atoms with Crippen molar-refractivity contribution in [1.82, 2.24) is 4.90 Å². The van der Waals surface area contributed by atoms with Crippen LogP contribution >= 0.6 is 35.6 Å². The number of ketones is 1. The van der Waals surface area contributed by atoms with Gasteiger partial charge >= 0.3 is 0 Å². The Hall–Kier alpha value is -0.280. The van der Waals surface area contributed by atoms with Gasteiger partial charge in [-0.05, 0) is 32.3 Å². The van der Waals surface area contributed by atoms with Crippen molar-refractivity contribution < 1.29 is 4.79 Å². The van der Waals surface area contributed by atoms with Crippen LogP contribution in [0.3, 0.4) is 0 Å². The Morgan fingerprint density at radius 3 is 2.12 bits per heavy atom. The molecule has 90 valence electrons. The Morgan fingerprint density at radius 2 is 1.69 bits per heavy atom. The highest BCUT2D eigenvalue weighted by Crippen LogP contribution is 2.19. The highest BCUT2D eigenvalue weighted by atomic mass is 35.5. The van der Waals surface area contributed by atoms with Gasteiger partial charge in [0.1, 0.15) is 0 Å². The molecule has 0 saturated carbocycles. The molecule has 1 rings (SSSR count).